The maximum atomic E-state index is 12.3. The Balaban J connectivity index is 2.47. The molecule has 8 heteroatoms. The summed E-state index contributed by atoms with van der Waals surface area (Å²) in [5.74, 6) is -0.813. The zero-order valence-electron chi connectivity index (χ0n) is 11.7. The Morgan fingerprint density at radius 3 is 2.22 bits per heavy atom. The number of hydrogen-bond acceptors (Lipinski definition) is 4. The van der Waals surface area contributed by atoms with Gasteiger partial charge in [0.05, 0.1) is 0 Å². The summed E-state index contributed by atoms with van der Waals surface area (Å²) in [6.07, 6.45) is 1.06. The summed E-state index contributed by atoms with van der Waals surface area (Å²) < 4.78 is 32.4. The topological polar surface area (TPSA) is 120 Å². The van der Waals surface area contributed by atoms with Crippen molar-refractivity contribution in [3.05, 3.63) is 81.1 Å². The standard InChI is InChI=1S/C15H11N3O4S/c16-18-17-13-8-6-11(7-9-13)10-14(23(20,21)22)15(19)12-4-2-1-3-5-12/h1-10H,(H,20,21,22). The van der Waals surface area contributed by atoms with Crippen LogP contribution in [0.25, 0.3) is 16.5 Å². The Morgan fingerprint density at radius 2 is 1.70 bits per heavy atom. The minimum absolute atomic E-state index is 0.141. The molecule has 2 aromatic carbocycles. The van der Waals surface area contributed by atoms with E-state index in [2.05, 4.69) is 10.0 Å². The van der Waals surface area contributed by atoms with Crippen LogP contribution in [0.3, 0.4) is 0 Å². The predicted octanol–water partition coefficient (Wildman–Crippen LogP) is 3.74. The van der Waals surface area contributed by atoms with Gasteiger partial charge in [0.25, 0.3) is 10.1 Å². The number of hydrogen-bond donors (Lipinski definition) is 1. The largest absolute Gasteiger partial charge is 0.298 e. The fourth-order valence-corrected chi connectivity index (χ4v) is 2.47. The van der Waals surface area contributed by atoms with E-state index in [1.807, 2.05) is 0 Å². The van der Waals surface area contributed by atoms with Gasteiger partial charge in [0.2, 0.25) is 5.78 Å². The third-order valence-corrected chi connectivity index (χ3v) is 3.75. The highest BCUT2D eigenvalue weighted by Gasteiger charge is 2.23. The number of ketones is 1. The normalized spacial score (nSPS) is 11.6. The van der Waals surface area contributed by atoms with Crippen LogP contribution in [0.5, 0.6) is 0 Å². The van der Waals surface area contributed by atoms with Gasteiger partial charge in [-0.2, -0.15) is 8.42 Å². The first-order valence-electron chi connectivity index (χ1n) is 6.36. The number of benzene rings is 2. The van der Waals surface area contributed by atoms with Crippen molar-refractivity contribution < 1.29 is 17.8 Å². The van der Waals surface area contributed by atoms with E-state index in [0.717, 1.165) is 6.08 Å². The molecule has 0 aromatic heterocycles. The lowest BCUT2D eigenvalue weighted by molar-refractivity contribution is 0.104. The molecule has 0 saturated heterocycles. The van der Waals surface area contributed by atoms with Crippen molar-refractivity contribution in [1.82, 2.24) is 0 Å². The molecule has 0 aliphatic rings. The van der Waals surface area contributed by atoms with Crippen molar-refractivity contribution in [2.24, 2.45) is 5.11 Å². The summed E-state index contributed by atoms with van der Waals surface area (Å²) in [5.41, 5.74) is 9.17. The Bertz CT molecular complexity index is 897. The SMILES string of the molecule is [N-]=[N+]=Nc1ccc(C=C(C(=O)c2ccccc2)S(=O)(=O)O)cc1. The van der Waals surface area contributed by atoms with Crippen molar-refractivity contribution in [3.8, 4) is 0 Å². The van der Waals surface area contributed by atoms with Crippen LogP contribution in [-0.4, -0.2) is 18.8 Å². The molecule has 2 rings (SSSR count). The number of Topliss-reactive ketones (excluding diaryl/α,β-unsaturated/α-hetero) is 1. The molecule has 0 aliphatic carbocycles. The average molecular weight is 329 g/mol. The van der Waals surface area contributed by atoms with Gasteiger partial charge in [0.15, 0.2) is 0 Å². The number of carbonyl (C=O) groups excluding carboxylic acids is 1. The van der Waals surface area contributed by atoms with Crippen LogP contribution in [0.1, 0.15) is 15.9 Å². The Morgan fingerprint density at radius 1 is 1.09 bits per heavy atom. The smallest absolute Gasteiger partial charge is 0.288 e. The number of allylic oxidation sites excluding steroid dienone is 1. The quantitative estimate of drug-likeness (QED) is 0.224. The summed E-state index contributed by atoms with van der Waals surface area (Å²) in [6.45, 7) is 0. The van der Waals surface area contributed by atoms with Gasteiger partial charge in [0.1, 0.15) is 4.91 Å². The fraction of sp³-hybridized carbons (Fsp3) is 0. The van der Waals surface area contributed by atoms with Crippen molar-refractivity contribution in [2.45, 2.75) is 0 Å². The minimum Gasteiger partial charge on any atom is -0.288 e. The maximum absolute atomic E-state index is 12.3. The molecular weight excluding hydrogens is 318 g/mol. The third kappa shape index (κ3) is 4.27. The molecule has 0 atom stereocenters. The zero-order chi connectivity index (χ0) is 16.9. The summed E-state index contributed by atoms with van der Waals surface area (Å²) in [5, 5.41) is 3.38. The van der Waals surface area contributed by atoms with E-state index in [9.17, 15) is 17.8 Å². The molecule has 116 valence electrons. The first-order valence-corrected chi connectivity index (χ1v) is 7.80. The Hall–Kier alpha value is -2.93. The van der Waals surface area contributed by atoms with Crippen LogP contribution in [0.4, 0.5) is 5.69 Å². The molecular formula is C15H11N3O4S. The first-order chi connectivity index (χ1) is 10.9. The Kier molecular flexibility index (Phi) is 4.92. The van der Waals surface area contributed by atoms with Gasteiger partial charge in [-0.05, 0) is 17.2 Å². The van der Waals surface area contributed by atoms with Crippen molar-refractivity contribution >= 4 is 27.7 Å². The van der Waals surface area contributed by atoms with Crippen LogP contribution < -0.4 is 0 Å². The van der Waals surface area contributed by atoms with Gasteiger partial charge in [-0.25, -0.2) is 0 Å². The van der Waals surface area contributed by atoms with Crippen LogP contribution >= 0.6 is 0 Å². The van der Waals surface area contributed by atoms with Gasteiger partial charge in [0, 0.05) is 16.2 Å². The zero-order valence-corrected chi connectivity index (χ0v) is 12.5. The van der Waals surface area contributed by atoms with E-state index >= 15 is 0 Å². The van der Waals surface area contributed by atoms with Gasteiger partial charge in [-0.15, -0.1) is 0 Å². The van der Waals surface area contributed by atoms with E-state index < -0.39 is 20.8 Å². The highest BCUT2D eigenvalue weighted by molar-refractivity contribution is 7.91. The molecule has 0 saturated carbocycles. The van der Waals surface area contributed by atoms with Crippen LogP contribution in [0.2, 0.25) is 0 Å². The predicted molar refractivity (Wildman–Crippen MR) is 85.5 cm³/mol. The van der Waals surface area contributed by atoms with E-state index in [-0.39, 0.29) is 5.56 Å². The maximum Gasteiger partial charge on any atom is 0.298 e. The number of nitrogens with zero attached hydrogens (tertiary/aromatic N) is 3. The summed E-state index contributed by atoms with van der Waals surface area (Å²) in [4.78, 5) is 14.2. The first kappa shape index (κ1) is 16.4. The van der Waals surface area contributed by atoms with Gasteiger partial charge < -0.3 is 0 Å². The molecule has 1 N–H and O–H groups in total. The molecule has 7 nitrogen and oxygen atoms in total. The Labute approximate surface area is 132 Å². The van der Waals surface area contributed by atoms with Gasteiger partial charge in [-0.3, -0.25) is 9.35 Å². The molecule has 0 aliphatic heterocycles. The molecule has 0 radical (unpaired) electrons. The molecule has 0 spiro atoms. The monoisotopic (exact) mass is 329 g/mol. The second-order valence-corrected chi connectivity index (χ2v) is 5.85. The number of azide groups is 1. The summed E-state index contributed by atoms with van der Waals surface area (Å²) >= 11 is 0. The highest BCUT2D eigenvalue weighted by atomic mass is 32.2. The molecule has 0 amide bonds. The minimum atomic E-state index is -4.70. The van der Waals surface area contributed by atoms with Crippen molar-refractivity contribution in [1.29, 1.82) is 0 Å². The van der Waals surface area contributed by atoms with Crippen molar-refractivity contribution in [3.63, 3.8) is 0 Å². The highest BCUT2D eigenvalue weighted by Crippen LogP contribution is 2.20. The summed E-state index contributed by atoms with van der Waals surface area (Å²) in [6, 6.07) is 13.6. The van der Waals surface area contributed by atoms with Crippen LogP contribution in [0.15, 0.2) is 64.6 Å². The van der Waals surface area contributed by atoms with Gasteiger partial charge >= 0.3 is 0 Å². The molecule has 0 heterocycles. The summed E-state index contributed by atoms with van der Waals surface area (Å²) in [7, 11) is -4.70. The van der Waals surface area contributed by atoms with Crippen LogP contribution in [-0.2, 0) is 10.1 Å². The van der Waals surface area contributed by atoms with Crippen LogP contribution in [0, 0.1) is 0 Å². The molecule has 0 fully saturated rings. The average Bonchev–Trinajstić information content (AvgIpc) is 2.53. The second kappa shape index (κ2) is 6.89. The lowest BCUT2D eigenvalue weighted by atomic mass is 10.1. The lowest BCUT2D eigenvalue weighted by Crippen LogP contribution is -2.13. The van der Waals surface area contributed by atoms with E-state index in [1.54, 1.807) is 18.2 Å². The molecule has 0 unspecified atom stereocenters. The van der Waals surface area contributed by atoms with E-state index in [1.165, 1.54) is 36.4 Å². The number of rotatable bonds is 5. The second-order valence-electron chi connectivity index (χ2n) is 4.46. The van der Waals surface area contributed by atoms with E-state index in [4.69, 9.17) is 5.53 Å². The molecule has 23 heavy (non-hydrogen) atoms. The third-order valence-electron chi connectivity index (χ3n) is 2.89. The number of carbonyl (C=O) groups is 1. The molecule has 2 aromatic rings. The fourth-order valence-electron chi connectivity index (χ4n) is 1.83. The molecule has 0 bridgehead atoms. The lowest BCUT2D eigenvalue weighted by Gasteiger charge is -2.04. The van der Waals surface area contributed by atoms with Gasteiger partial charge in [-0.1, -0.05) is 59.7 Å². The van der Waals surface area contributed by atoms with E-state index in [0.29, 0.717) is 11.3 Å². The van der Waals surface area contributed by atoms with Crippen molar-refractivity contribution in [2.75, 3.05) is 0 Å².